The van der Waals surface area contributed by atoms with Gasteiger partial charge in [-0.1, -0.05) is 6.92 Å². The van der Waals surface area contributed by atoms with E-state index in [4.69, 9.17) is 4.74 Å². The average Bonchev–Trinajstić information content (AvgIpc) is 3.06. The number of morpholine rings is 1. The Morgan fingerprint density at radius 3 is 3.17 bits per heavy atom. The lowest BCUT2D eigenvalue weighted by Crippen LogP contribution is -2.47. The first kappa shape index (κ1) is 16.9. The minimum absolute atomic E-state index is 0.0831. The normalized spacial score (nSPS) is 17.8. The number of aromatic nitrogens is 2. The number of nitrogens with one attached hydrogen (secondary N) is 1. The van der Waals surface area contributed by atoms with Gasteiger partial charge in [0, 0.05) is 23.8 Å². The maximum atomic E-state index is 12.4. The predicted molar refractivity (Wildman–Crippen MR) is 93.0 cm³/mol. The van der Waals surface area contributed by atoms with Gasteiger partial charge in [-0.25, -0.2) is 9.78 Å². The van der Waals surface area contributed by atoms with Crippen LogP contribution in [-0.4, -0.2) is 40.6 Å². The molecule has 2 aromatic rings. The molecule has 0 spiro atoms. The molecule has 1 aliphatic rings. The summed E-state index contributed by atoms with van der Waals surface area (Å²) in [5.41, 5.74) is 3.09. The molecule has 0 aromatic carbocycles. The van der Waals surface area contributed by atoms with Crippen molar-refractivity contribution < 1.29 is 9.53 Å². The number of carbonyl (C=O) groups is 1. The Balaban J connectivity index is 1.56. The number of amides is 2. The Kier molecular flexibility index (Phi) is 5.42. The number of rotatable bonds is 4. The van der Waals surface area contributed by atoms with E-state index in [9.17, 15) is 4.79 Å². The van der Waals surface area contributed by atoms with E-state index >= 15 is 0 Å². The average molecular weight is 346 g/mol. The second-order valence-corrected chi connectivity index (χ2v) is 6.69. The molecule has 1 N–H and O–H groups in total. The Bertz CT molecular complexity index is 703. The second-order valence-electron chi connectivity index (χ2n) is 5.80. The van der Waals surface area contributed by atoms with Gasteiger partial charge in [-0.05, 0) is 31.0 Å². The summed E-state index contributed by atoms with van der Waals surface area (Å²) in [6.45, 7) is 6.15. The minimum Gasteiger partial charge on any atom is -0.367 e. The van der Waals surface area contributed by atoms with Gasteiger partial charge < -0.3 is 15.0 Å². The molecule has 2 aromatic heterocycles. The van der Waals surface area contributed by atoms with E-state index in [0.29, 0.717) is 26.2 Å². The molecular weight excluding hydrogens is 324 g/mol. The number of hydrogen-bond donors (Lipinski definition) is 1. The lowest BCUT2D eigenvalue weighted by Gasteiger charge is -2.32. The molecule has 1 saturated heterocycles. The monoisotopic (exact) mass is 346 g/mol. The van der Waals surface area contributed by atoms with Crippen LogP contribution in [0.3, 0.4) is 0 Å². The van der Waals surface area contributed by atoms with Gasteiger partial charge in [0.2, 0.25) is 0 Å². The molecular formula is C17H22N4O2S. The van der Waals surface area contributed by atoms with E-state index in [1.807, 2.05) is 24.4 Å². The van der Waals surface area contributed by atoms with Crippen LogP contribution in [0.2, 0.25) is 0 Å². The highest BCUT2D eigenvalue weighted by Crippen LogP contribution is 2.25. The number of aryl methyl sites for hydroxylation is 2. The first-order valence-electron chi connectivity index (χ1n) is 8.16. The molecule has 1 aliphatic heterocycles. The first-order chi connectivity index (χ1) is 11.7. The molecule has 6 nitrogen and oxygen atoms in total. The van der Waals surface area contributed by atoms with Gasteiger partial charge in [0.25, 0.3) is 0 Å². The highest BCUT2D eigenvalue weighted by atomic mass is 32.1. The minimum atomic E-state index is -0.134. The third kappa shape index (κ3) is 4.10. The summed E-state index contributed by atoms with van der Waals surface area (Å²) in [6.07, 6.45) is 2.61. The molecule has 1 atom stereocenters. The summed E-state index contributed by atoms with van der Waals surface area (Å²) in [4.78, 5) is 23.0. The van der Waals surface area contributed by atoms with Crippen LogP contribution in [-0.2, 0) is 17.7 Å². The van der Waals surface area contributed by atoms with E-state index in [-0.39, 0.29) is 12.1 Å². The molecule has 3 heterocycles. The second kappa shape index (κ2) is 7.72. The largest absolute Gasteiger partial charge is 0.367 e. The van der Waals surface area contributed by atoms with Gasteiger partial charge in [-0.2, -0.15) is 0 Å². The first-order valence-corrected chi connectivity index (χ1v) is 9.04. The summed E-state index contributed by atoms with van der Waals surface area (Å²) in [5.74, 6) is 0. The van der Waals surface area contributed by atoms with Gasteiger partial charge in [-0.3, -0.25) is 4.98 Å². The summed E-state index contributed by atoms with van der Waals surface area (Å²) in [7, 11) is 0. The fourth-order valence-corrected chi connectivity index (χ4v) is 3.46. The van der Waals surface area contributed by atoms with Crippen molar-refractivity contribution in [1.82, 2.24) is 20.2 Å². The molecule has 128 valence electrons. The van der Waals surface area contributed by atoms with E-state index in [1.54, 1.807) is 22.4 Å². The third-order valence-corrected chi connectivity index (χ3v) is 5.03. The van der Waals surface area contributed by atoms with Crippen LogP contribution in [0.5, 0.6) is 0 Å². The number of hydrogen-bond acceptors (Lipinski definition) is 5. The predicted octanol–water partition coefficient (Wildman–Crippen LogP) is 2.69. The maximum Gasteiger partial charge on any atom is 0.317 e. The van der Waals surface area contributed by atoms with Crippen molar-refractivity contribution in [2.75, 3.05) is 19.7 Å². The van der Waals surface area contributed by atoms with Crippen LogP contribution in [0.1, 0.15) is 35.0 Å². The Morgan fingerprint density at radius 2 is 2.42 bits per heavy atom. The van der Waals surface area contributed by atoms with Crippen molar-refractivity contribution in [1.29, 1.82) is 0 Å². The van der Waals surface area contributed by atoms with Gasteiger partial charge in [-0.15, -0.1) is 11.3 Å². The van der Waals surface area contributed by atoms with Crippen LogP contribution in [0, 0.1) is 6.92 Å². The number of ether oxygens (including phenoxy) is 1. The number of pyridine rings is 1. The third-order valence-electron chi connectivity index (χ3n) is 3.98. The maximum absolute atomic E-state index is 12.4. The molecule has 0 unspecified atom stereocenters. The van der Waals surface area contributed by atoms with Gasteiger partial charge in [0.15, 0.2) is 0 Å². The summed E-state index contributed by atoms with van der Waals surface area (Å²) in [5, 5.41) is 5.89. The Morgan fingerprint density at radius 1 is 1.54 bits per heavy atom. The van der Waals surface area contributed by atoms with Crippen molar-refractivity contribution in [3.05, 3.63) is 45.7 Å². The lowest BCUT2D eigenvalue weighted by atomic mass is 10.2. The Labute approximate surface area is 145 Å². The highest BCUT2D eigenvalue weighted by molar-refractivity contribution is 7.09. The Hall–Kier alpha value is -1.99. The van der Waals surface area contributed by atoms with Crippen LogP contribution in [0.4, 0.5) is 4.79 Å². The SMILES string of the molecule is CCc1ccnc(CNC(=O)N2CCO[C@H](c3nc(C)cs3)C2)c1. The number of urea groups is 1. The molecule has 0 bridgehead atoms. The number of carbonyl (C=O) groups excluding carboxylic acids is 1. The highest BCUT2D eigenvalue weighted by Gasteiger charge is 2.27. The molecule has 0 radical (unpaired) electrons. The molecule has 0 aliphatic carbocycles. The van der Waals surface area contributed by atoms with Crippen molar-refractivity contribution in [2.45, 2.75) is 32.9 Å². The van der Waals surface area contributed by atoms with Crippen molar-refractivity contribution >= 4 is 17.4 Å². The van der Waals surface area contributed by atoms with Crippen molar-refractivity contribution in [2.24, 2.45) is 0 Å². The lowest BCUT2D eigenvalue weighted by molar-refractivity contribution is -0.0156. The summed E-state index contributed by atoms with van der Waals surface area (Å²) >= 11 is 1.58. The van der Waals surface area contributed by atoms with Gasteiger partial charge in [0.05, 0.1) is 25.4 Å². The number of nitrogens with zero attached hydrogens (tertiary/aromatic N) is 3. The molecule has 1 fully saturated rings. The molecule has 24 heavy (non-hydrogen) atoms. The standard InChI is InChI=1S/C17H22N4O2S/c1-3-13-4-5-18-14(8-13)9-19-17(22)21-6-7-23-15(10-21)16-20-12(2)11-24-16/h4-5,8,11,15H,3,6-7,9-10H2,1-2H3,(H,19,22)/t15-/m0/s1. The summed E-state index contributed by atoms with van der Waals surface area (Å²) < 4.78 is 5.76. The fourth-order valence-electron chi connectivity index (χ4n) is 2.63. The molecule has 7 heteroatoms. The zero-order valence-electron chi connectivity index (χ0n) is 14.0. The summed E-state index contributed by atoms with van der Waals surface area (Å²) in [6, 6.07) is 3.94. The molecule has 3 rings (SSSR count). The zero-order valence-corrected chi connectivity index (χ0v) is 14.8. The fraction of sp³-hybridized carbons (Fsp3) is 0.471. The van der Waals surface area contributed by atoms with E-state index in [2.05, 4.69) is 22.2 Å². The van der Waals surface area contributed by atoms with Crippen LogP contribution >= 0.6 is 11.3 Å². The number of thiazole rings is 1. The molecule has 2 amide bonds. The van der Waals surface area contributed by atoms with Crippen molar-refractivity contribution in [3.8, 4) is 0 Å². The van der Waals surface area contributed by atoms with Crippen LogP contribution < -0.4 is 5.32 Å². The smallest absolute Gasteiger partial charge is 0.317 e. The van der Waals surface area contributed by atoms with Crippen molar-refractivity contribution in [3.63, 3.8) is 0 Å². The van der Waals surface area contributed by atoms with E-state index in [0.717, 1.165) is 22.8 Å². The quantitative estimate of drug-likeness (QED) is 0.924. The molecule has 0 saturated carbocycles. The van der Waals surface area contributed by atoms with Gasteiger partial charge >= 0.3 is 6.03 Å². The topological polar surface area (TPSA) is 67.4 Å². The van der Waals surface area contributed by atoms with E-state index in [1.165, 1.54) is 5.56 Å². The van der Waals surface area contributed by atoms with Gasteiger partial charge in [0.1, 0.15) is 11.1 Å². The van der Waals surface area contributed by atoms with Crippen LogP contribution in [0.15, 0.2) is 23.7 Å². The van der Waals surface area contributed by atoms with Crippen LogP contribution in [0.25, 0.3) is 0 Å². The zero-order chi connectivity index (χ0) is 16.9. The van der Waals surface area contributed by atoms with E-state index < -0.39 is 0 Å².